The van der Waals surface area contributed by atoms with Crippen molar-refractivity contribution < 1.29 is 29.3 Å². The van der Waals surface area contributed by atoms with Crippen LogP contribution in [0.3, 0.4) is 0 Å². The normalized spacial score (nSPS) is 19.9. The molecule has 0 fully saturated rings. The van der Waals surface area contributed by atoms with E-state index < -0.39 is 29.6 Å². The van der Waals surface area contributed by atoms with E-state index in [9.17, 15) is 19.8 Å². The molecule has 2 aromatic heterocycles. The van der Waals surface area contributed by atoms with Crippen LogP contribution in [0, 0.1) is 12.3 Å². The number of fused-ring (bicyclic) bond motifs is 3. The number of nitrogens with zero attached hydrogens (tertiary/aromatic N) is 3. The standard InChI is InChI=1S/C27H33N3O6/c1-16-20(15-32)29-12-11-19-22(25(29)28-16)30(17(2)33)21(18-9-7-6-8-10-18)24(23(19)35-14-13-31)36-26(34)27(3,4)5/h6-12,21,23-24,31-32H,13-15H2,1-5H3/t21-,23+,24-/m1/s1. The quantitative estimate of drug-likeness (QED) is 0.505. The van der Waals surface area contributed by atoms with Crippen LogP contribution in [0.15, 0.2) is 42.6 Å². The molecule has 0 aliphatic carbocycles. The molecule has 4 rings (SSSR count). The SMILES string of the molecule is CC(=O)N1c2c(ccn3c(CO)c(C)nc23)[C@H](OCCO)[C@H](OC(=O)C(C)(C)C)[C@H]1c1ccccc1. The van der Waals surface area contributed by atoms with Crippen LogP contribution >= 0.6 is 0 Å². The Kier molecular flexibility index (Phi) is 7.17. The van der Waals surface area contributed by atoms with Gasteiger partial charge in [0.2, 0.25) is 5.91 Å². The summed E-state index contributed by atoms with van der Waals surface area (Å²) in [5, 5.41) is 19.5. The number of hydrogen-bond donors (Lipinski definition) is 2. The first kappa shape index (κ1) is 25.8. The van der Waals surface area contributed by atoms with E-state index in [1.165, 1.54) is 6.92 Å². The molecular weight excluding hydrogens is 462 g/mol. The van der Waals surface area contributed by atoms with Gasteiger partial charge in [-0.05, 0) is 39.3 Å². The number of carbonyl (C=O) groups excluding carboxylic acids is 2. The zero-order valence-electron chi connectivity index (χ0n) is 21.3. The number of benzene rings is 1. The number of amides is 1. The zero-order chi connectivity index (χ0) is 26.2. The van der Waals surface area contributed by atoms with Gasteiger partial charge in [-0.3, -0.25) is 18.9 Å². The molecule has 9 heteroatoms. The number of anilines is 1. The number of aromatic nitrogens is 2. The van der Waals surface area contributed by atoms with Crippen LogP contribution in [0.25, 0.3) is 5.65 Å². The average molecular weight is 496 g/mol. The second kappa shape index (κ2) is 10.0. The molecule has 1 amide bonds. The van der Waals surface area contributed by atoms with Crippen LogP contribution in [0.5, 0.6) is 0 Å². The number of aryl methyl sites for hydroxylation is 1. The maximum absolute atomic E-state index is 13.3. The van der Waals surface area contributed by atoms with Crippen LogP contribution in [0.2, 0.25) is 0 Å². The molecule has 3 heterocycles. The number of pyridine rings is 1. The van der Waals surface area contributed by atoms with E-state index in [1.807, 2.05) is 30.3 Å². The Morgan fingerprint density at radius 2 is 1.81 bits per heavy atom. The fourth-order valence-corrected chi connectivity index (χ4v) is 4.70. The van der Waals surface area contributed by atoms with E-state index in [2.05, 4.69) is 0 Å². The van der Waals surface area contributed by atoms with Crippen molar-refractivity contribution in [1.82, 2.24) is 9.38 Å². The Hall–Kier alpha value is -3.27. The van der Waals surface area contributed by atoms with Crippen LogP contribution in [-0.4, -0.2) is 50.8 Å². The largest absolute Gasteiger partial charge is 0.456 e. The number of hydrogen-bond acceptors (Lipinski definition) is 7. The summed E-state index contributed by atoms with van der Waals surface area (Å²) in [7, 11) is 0. The van der Waals surface area contributed by atoms with Crippen molar-refractivity contribution in [1.29, 1.82) is 0 Å². The van der Waals surface area contributed by atoms with Gasteiger partial charge in [-0.15, -0.1) is 0 Å². The molecule has 0 saturated heterocycles. The van der Waals surface area contributed by atoms with Gasteiger partial charge in [-0.25, -0.2) is 4.98 Å². The molecule has 1 aliphatic rings. The van der Waals surface area contributed by atoms with Gasteiger partial charge in [0.25, 0.3) is 0 Å². The molecule has 1 aromatic carbocycles. The van der Waals surface area contributed by atoms with E-state index >= 15 is 0 Å². The number of imidazole rings is 1. The number of rotatable bonds is 6. The third-order valence-corrected chi connectivity index (χ3v) is 6.41. The third kappa shape index (κ3) is 4.50. The summed E-state index contributed by atoms with van der Waals surface area (Å²) in [6.07, 6.45) is 0.0930. The zero-order valence-corrected chi connectivity index (χ0v) is 21.3. The summed E-state index contributed by atoms with van der Waals surface area (Å²) in [5.41, 5.74) is 2.84. The van der Waals surface area contributed by atoms with E-state index in [0.29, 0.717) is 28.3 Å². The van der Waals surface area contributed by atoms with Gasteiger partial charge in [-0.2, -0.15) is 0 Å². The lowest BCUT2D eigenvalue weighted by Gasteiger charge is -2.45. The molecule has 3 aromatic rings. The Morgan fingerprint density at radius 1 is 1.11 bits per heavy atom. The Labute approximate surface area is 210 Å². The molecule has 0 spiro atoms. The predicted octanol–water partition coefficient (Wildman–Crippen LogP) is 3.25. The van der Waals surface area contributed by atoms with Crippen molar-refractivity contribution in [2.75, 3.05) is 18.1 Å². The fraction of sp³-hybridized carbons (Fsp3) is 0.444. The van der Waals surface area contributed by atoms with E-state index in [4.69, 9.17) is 14.5 Å². The molecule has 192 valence electrons. The minimum absolute atomic E-state index is 0.00972. The minimum Gasteiger partial charge on any atom is -0.456 e. The lowest BCUT2D eigenvalue weighted by molar-refractivity contribution is -0.171. The van der Waals surface area contributed by atoms with Gasteiger partial charge in [0.1, 0.15) is 12.1 Å². The maximum atomic E-state index is 13.3. The van der Waals surface area contributed by atoms with Crippen LogP contribution in [0.4, 0.5) is 5.69 Å². The lowest BCUT2D eigenvalue weighted by Crippen LogP contribution is -2.50. The summed E-state index contributed by atoms with van der Waals surface area (Å²) in [5.74, 6) is -0.694. The van der Waals surface area contributed by atoms with E-state index in [-0.39, 0.29) is 25.7 Å². The summed E-state index contributed by atoms with van der Waals surface area (Å²) in [6, 6.07) is 10.4. The Morgan fingerprint density at radius 3 is 2.39 bits per heavy atom. The molecule has 0 saturated carbocycles. The molecule has 3 atom stereocenters. The Balaban J connectivity index is 2.03. The highest BCUT2D eigenvalue weighted by atomic mass is 16.6. The van der Waals surface area contributed by atoms with Crippen molar-refractivity contribution in [2.24, 2.45) is 5.41 Å². The number of ether oxygens (including phenoxy) is 2. The molecule has 0 radical (unpaired) electrons. The van der Waals surface area contributed by atoms with Gasteiger partial charge in [0, 0.05) is 18.7 Å². The lowest BCUT2D eigenvalue weighted by atomic mass is 9.86. The van der Waals surface area contributed by atoms with Crippen molar-refractivity contribution >= 4 is 23.2 Å². The van der Waals surface area contributed by atoms with Gasteiger partial charge in [0.15, 0.2) is 11.8 Å². The molecule has 2 N–H and O–H groups in total. The predicted molar refractivity (Wildman–Crippen MR) is 133 cm³/mol. The molecule has 0 bridgehead atoms. The molecule has 9 nitrogen and oxygen atoms in total. The fourth-order valence-electron chi connectivity index (χ4n) is 4.70. The van der Waals surface area contributed by atoms with Gasteiger partial charge >= 0.3 is 5.97 Å². The van der Waals surface area contributed by atoms with E-state index in [1.54, 1.807) is 49.3 Å². The second-order valence-electron chi connectivity index (χ2n) is 9.99. The minimum atomic E-state index is -0.891. The summed E-state index contributed by atoms with van der Waals surface area (Å²) < 4.78 is 14.0. The van der Waals surface area contributed by atoms with Gasteiger partial charge < -0.3 is 19.7 Å². The highest BCUT2D eigenvalue weighted by Gasteiger charge is 2.48. The molecular formula is C27H33N3O6. The van der Waals surface area contributed by atoms with Crippen molar-refractivity contribution in [2.45, 2.75) is 59.5 Å². The first-order valence-corrected chi connectivity index (χ1v) is 12.0. The van der Waals surface area contributed by atoms with Gasteiger partial charge in [-0.1, -0.05) is 30.3 Å². The van der Waals surface area contributed by atoms with Crippen molar-refractivity contribution in [3.8, 4) is 0 Å². The summed E-state index contributed by atoms with van der Waals surface area (Å²) >= 11 is 0. The van der Waals surface area contributed by atoms with Crippen molar-refractivity contribution in [3.63, 3.8) is 0 Å². The number of esters is 1. The van der Waals surface area contributed by atoms with Crippen molar-refractivity contribution in [3.05, 3.63) is 65.1 Å². The summed E-state index contributed by atoms with van der Waals surface area (Å²) in [6.45, 7) is 8.13. The maximum Gasteiger partial charge on any atom is 0.311 e. The molecule has 1 aliphatic heterocycles. The third-order valence-electron chi connectivity index (χ3n) is 6.41. The first-order chi connectivity index (χ1) is 17.1. The smallest absolute Gasteiger partial charge is 0.311 e. The number of aliphatic hydroxyl groups excluding tert-OH is 2. The molecule has 0 unspecified atom stereocenters. The first-order valence-electron chi connectivity index (χ1n) is 12.0. The average Bonchev–Trinajstić information content (AvgIpc) is 3.17. The monoisotopic (exact) mass is 495 g/mol. The topological polar surface area (TPSA) is 114 Å². The number of carbonyl (C=O) groups is 2. The highest BCUT2D eigenvalue weighted by molar-refractivity contribution is 5.98. The van der Waals surface area contributed by atoms with E-state index in [0.717, 1.165) is 5.56 Å². The number of aliphatic hydroxyl groups is 2. The van der Waals surface area contributed by atoms with Crippen LogP contribution in [0.1, 0.15) is 62.4 Å². The van der Waals surface area contributed by atoms with Crippen LogP contribution in [-0.2, 0) is 25.7 Å². The second-order valence-corrected chi connectivity index (χ2v) is 9.99. The highest BCUT2D eigenvalue weighted by Crippen LogP contribution is 2.49. The van der Waals surface area contributed by atoms with Crippen LogP contribution < -0.4 is 4.90 Å². The Bertz CT molecular complexity index is 1260. The summed E-state index contributed by atoms with van der Waals surface area (Å²) in [4.78, 5) is 32.8. The van der Waals surface area contributed by atoms with Gasteiger partial charge in [0.05, 0.1) is 42.3 Å². The molecule has 36 heavy (non-hydrogen) atoms.